The summed E-state index contributed by atoms with van der Waals surface area (Å²) >= 11 is 9.31. The van der Waals surface area contributed by atoms with Crippen LogP contribution in [0.2, 0.25) is 5.15 Å². The van der Waals surface area contributed by atoms with Crippen LogP contribution >= 0.6 is 27.5 Å². The highest BCUT2D eigenvalue weighted by Crippen LogP contribution is 2.35. The Kier molecular flexibility index (Phi) is 5.44. The Morgan fingerprint density at radius 3 is 2.61 bits per heavy atom. The predicted molar refractivity (Wildman–Crippen MR) is 102 cm³/mol. The van der Waals surface area contributed by atoms with E-state index in [0.29, 0.717) is 27.3 Å². The number of pyridine rings is 2. The molecule has 1 N–H and O–H groups in total. The number of alkyl halides is 3. The van der Waals surface area contributed by atoms with Crippen molar-refractivity contribution in [2.45, 2.75) is 19.1 Å². The van der Waals surface area contributed by atoms with Crippen LogP contribution in [0.5, 0.6) is 0 Å². The van der Waals surface area contributed by atoms with Crippen molar-refractivity contribution in [1.29, 1.82) is 0 Å². The third-order valence-electron chi connectivity index (χ3n) is 3.95. The van der Waals surface area contributed by atoms with Crippen LogP contribution in [0.3, 0.4) is 0 Å². The number of hydrogen-bond donors (Lipinski definition) is 1. The molecule has 146 valence electrons. The molecule has 11 heteroatoms. The monoisotopic (exact) mass is 474 g/mol. The van der Waals surface area contributed by atoms with Gasteiger partial charge in [0.1, 0.15) is 11.0 Å². The number of rotatable bonds is 4. The summed E-state index contributed by atoms with van der Waals surface area (Å²) in [5.41, 5.74) is -1.13. The molecule has 3 aromatic rings. The second-order valence-corrected chi connectivity index (χ2v) is 7.25. The van der Waals surface area contributed by atoms with Gasteiger partial charge in [-0.15, -0.1) is 0 Å². The summed E-state index contributed by atoms with van der Waals surface area (Å²) in [7, 11) is 0. The maximum Gasteiger partial charge on any atom is 0.416 e. The van der Waals surface area contributed by atoms with Crippen LogP contribution in [0, 0.1) is 10.1 Å². The predicted octanol–water partition coefficient (Wildman–Crippen LogP) is 6.15. The van der Waals surface area contributed by atoms with Crippen LogP contribution in [-0.4, -0.2) is 14.9 Å². The summed E-state index contributed by atoms with van der Waals surface area (Å²) in [6.45, 7) is 1.57. The summed E-state index contributed by atoms with van der Waals surface area (Å²) in [6.07, 6.45) is -3.14. The third-order valence-corrected chi connectivity index (χ3v) is 4.57. The van der Waals surface area contributed by atoms with Crippen LogP contribution in [0.15, 0.2) is 41.0 Å². The van der Waals surface area contributed by atoms with Crippen molar-refractivity contribution < 1.29 is 18.1 Å². The molecule has 0 bridgehead atoms. The molecule has 28 heavy (non-hydrogen) atoms. The fraction of sp³-hybridized carbons (Fsp3) is 0.176. The van der Waals surface area contributed by atoms with Gasteiger partial charge in [-0.25, -0.2) is 4.98 Å². The van der Waals surface area contributed by atoms with Gasteiger partial charge in [0.05, 0.1) is 22.0 Å². The summed E-state index contributed by atoms with van der Waals surface area (Å²) in [6, 6.07) is 5.02. The first-order chi connectivity index (χ1) is 13.0. The fourth-order valence-corrected chi connectivity index (χ4v) is 3.14. The molecule has 0 spiro atoms. The first kappa shape index (κ1) is 20.3. The third kappa shape index (κ3) is 4.33. The first-order valence-corrected chi connectivity index (χ1v) is 8.96. The van der Waals surface area contributed by atoms with Crippen LogP contribution < -0.4 is 5.32 Å². The van der Waals surface area contributed by atoms with Gasteiger partial charge < -0.3 is 5.32 Å². The van der Waals surface area contributed by atoms with Gasteiger partial charge >= 0.3 is 6.18 Å². The lowest BCUT2D eigenvalue weighted by Gasteiger charge is -2.18. The number of aromatic nitrogens is 2. The zero-order valence-electron chi connectivity index (χ0n) is 14.1. The second kappa shape index (κ2) is 7.51. The maximum absolute atomic E-state index is 13.1. The van der Waals surface area contributed by atoms with Crippen molar-refractivity contribution in [3.8, 4) is 0 Å². The number of nitrogens with one attached hydrogen (secondary N) is 1. The van der Waals surface area contributed by atoms with Crippen LogP contribution in [0.1, 0.15) is 24.1 Å². The number of fused-ring (bicyclic) bond motifs is 1. The summed E-state index contributed by atoms with van der Waals surface area (Å²) in [5.74, 6) is 0.295. The molecule has 0 saturated carbocycles. The Hall–Kier alpha value is -2.46. The number of nitro benzene ring substituents is 1. The van der Waals surface area contributed by atoms with E-state index in [1.807, 2.05) is 0 Å². The molecule has 0 aliphatic rings. The first-order valence-electron chi connectivity index (χ1n) is 7.79. The molecular weight excluding hydrogens is 465 g/mol. The molecule has 3 rings (SSSR count). The van der Waals surface area contributed by atoms with Gasteiger partial charge in [0.2, 0.25) is 0 Å². The molecule has 2 aromatic heterocycles. The van der Waals surface area contributed by atoms with Gasteiger partial charge in [-0.05, 0) is 40.5 Å². The number of anilines is 1. The molecule has 0 unspecified atom stereocenters. The number of non-ortho nitro benzene ring substituents is 1. The Labute approximate surface area is 170 Å². The average Bonchev–Trinajstić information content (AvgIpc) is 2.61. The van der Waals surface area contributed by atoms with Crippen molar-refractivity contribution in [1.82, 2.24) is 9.97 Å². The minimum atomic E-state index is -4.71. The van der Waals surface area contributed by atoms with E-state index in [-0.39, 0.29) is 10.7 Å². The topological polar surface area (TPSA) is 81.0 Å². The van der Waals surface area contributed by atoms with Gasteiger partial charge in [0, 0.05) is 34.3 Å². The van der Waals surface area contributed by atoms with Gasteiger partial charge in [-0.2, -0.15) is 13.2 Å². The van der Waals surface area contributed by atoms with Crippen molar-refractivity contribution in [3.63, 3.8) is 0 Å². The van der Waals surface area contributed by atoms with E-state index in [1.54, 1.807) is 25.3 Å². The Morgan fingerprint density at radius 2 is 1.96 bits per heavy atom. The standard InChI is InChI=1S/C17H11BrClF3N4O2/c1-8(9-2-10(17(20,21)22)4-12(3-9)26(27)28)24-16-13-5-11(18)7-23-14(13)6-15(19)25-16/h2-8H,1H3,(H,24,25)/t8-/m1/s1. The smallest absolute Gasteiger partial charge is 0.363 e. The number of benzene rings is 1. The van der Waals surface area contributed by atoms with E-state index in [1.165, 1.54) is 0 Å². The maximum atomic E-state index is 13.1. The average molecular weight is 476 g/mol. The zero-order valence-corrected chi connectivity index (χ0v) is 16.4. The van der Waals surface area contributed by atoms with E-state index >= 15 is 0 Å². The molecule has 2 heterocycles. The van der Waals surface area contributed by atoms with Crippen LogP contribution in [-0.2, 0) is 6.18 Å². The second-order valence-electron chi connectivity index (χ2n) is 5.95. The van der Waals surface area contributed by atoms with Crippen molar-refractivity contribution in [2.24, 2.45) is 0 Å². The number of hydrogen-bond acceptors (Lipinski definition) is 5. The summed E-state index contributed by atoms with van der Waals surface area (Å²) < 4.78 is 40.0. The number of halogens is 5. The Bertz CT molecular complexity index is 1080. The Balaban J connectivity index is 2.05. The molecule has 0 amide bonds. The number of nitro groups is 1. The minimum Gasteiger partial charge on any atom is -0.363 e. The quantitative estimate of drug-likeness (QED) is 0.278. The van der Waals surface area contributed by atoms with E-state index < -0.39 is 28.4 Å². The highest BCUT2D eigenvalue weighted by atomic mass is 79.9. The van der Waals surface area contributed by atoms with E-state index in [0.717, 1.165) is 12.1 Å². The highest BCUT2D eigenvalue weighted by molar-refractivity contribution is 9.10. The molecule has 0 aliphatic heterocycles. The van der Waals surface area contributed by atoms with Crippen molar-refractivity contribution in [2.75, 3.05) is 5.32 Å². The lowest BCUT2D eigenvalue weighted by Crippen LogP contribution is -2.12. The fourth-order valence-electron chi connectivity index (χ4n) is 2.62. The van der Waals surface area contributed by atoms with Gasteiger partial charge in [-0.1, -0.05) is 11.6 Å². The molecule has 0 aliphatic carbocycles. The van der Waals surface area contributed by atoms with Crippen LogP contribution in [0.4, 0.5) is 24.7 Å². The van der Waals surface area contributed by atoms with E-state index in [2.05, 4.69) is 31.2 Å². The minimum absolute atomic E-state index is 0.0828. The van der Waals surface area contributed by atoms with Crippen LogP contribution in [0.25, 0.3) is 10.9 Å². The molecule has 0 radical (unpaired) electrons. The molecule has 0 fully saturated rings. The van der Waals surface area contributed by atoms with Crippen molar-refractivity contribution in [3.05, 3.63) is 67.4 Å². The van der Waals surface area contributed by atoms with Gasteiger partial charge in [0.25, 0.3) is 5.69 Å². The largest absolute Gasteiger partial charge is 0.416 e. The Morgan fingerprint density at radius 1 is 1.25 bits per heavy atom. The summed E-state index contributed by atoms with van der Waals surface area (Å²) in [5, 5.41) is 14.7. The lowest BCUT2D eigenvalue weighted by molar-refractivity contribution is -0.385. The van der Waals surface area contributed by atoms with Gasteiger partial charge in [0.15, 0.2) is 0 Å². The van der Waals surface area contributed by atoms with E-state index in [4.69, 9.17) is 11.6 Å². The van der Waals surface area contributed by atoms with Gasteiger partial charge in [-0.3, -0.25) is 15.1 Å². The lowest BCUT2D eigenvalue weighted by atomic mass is 10.0. The molecular formula is C17H11BrClF3N4O2. The van der Waals surface area contributed by atoms with E-state index in [9.17, 15) is 23.3 Å². The molecule has 1 atom stereocenters. The zero-order chi connectivity index (χ0) is 20.6. The highest BCUT2D eigenvalue weighted by Gasteiger charge is 2.33. The summed E-state index contributed by atoms with van der Waals surface area (Å²) in [4.78, 5) is 18.6. The van der Waals surface area contributed by atoms with Crippen molar-refractivity contribution >= 4 is 49.9 Å². The molecule has 1 aromatic carbocycles. The normalized spacial score (nSPS) is 12.8. The number of nitrogens with zero attached hydrogens (tertiary/aromatic N) is 3. The molecule has 6 nitrogen and oxygen atoms in total. The SMILES string of the molecule is C[C@@H](Nc1nc(Cl)cc2ncc(Br)cc12)c1cc([N+](=O)[O-])cc(C(F)(F)F)c1. The molecule has 0 saturated heterocycles.